The quantitative estimate of drug-likeness (QED) is 0.727. The minimum absolute atomic E-state index is 0.0177. The van der Waals surface area contributed by atoms with Crippen LogP contribution in [0.25, 0.3) is 0 Å². The van der Waals surface area contributed by atoms with Gasteiger partial charge in [0.25, 0.3) is 0 Å². The first-order valence-electron chi connectivity index (χ1n) is 7.61. The van der Waals surface area contributed by atoms with Crippen molar-refractivity contribution in [3.05, 3.63) is 64.7 Å². The molecule has 0 aliphatic carbocycles. The number of carbonyl (C=O) groups excluding carboxylic acids is 1. The van der Waals surface area contributed by atoms with Gasteiger partial charge in [0.15, 0.2) is 0 Å². The summed E-state index contributed by atoms with van der Waals surface area (Å²) in [7, 11) is 0. The number of hydrogen-bond acceptors (Lipinski definition) is 3. The van der Waals surface area contributed by atoms with Crippen molar-refractivity contribution in [3.63, 3.8) is 0 Å². The molecule has 2 aromatic carbocycles. The standard InChI is InChI=1S/C18H21ClN2O2/c1-2-17(14-6-8-15(19)9-7-14)21-18(23)11-20-16-5-3-4-13(10-16)12-22/h3-10,17,20,22H,2,11-12H2,1H3,(H,21,23). The highest BCUT2D eigenvalue weighted by atomic mass is 35.5. The van der Waals surface area contributed by atoms with E-state index in [-0.39, 0.29) is 25.1 Å². The number of aliphatic hydroxyl groups excluding tert-OH is 1. The summed E-state index contributed by atoms with van der Waals surface area (Å²) in [6, 6.07) is 14.8. The summed E-state index contributed by atoms with van der Waals surface area (Å²) in [6.45, 7) is 2.19. The third kappa shape index (κ3) is 5.27. The Balaban J connectivity index is 1.90. The predicted octanol–water partition coefficient (Wildman–Crippen LogP) is 3.51. The number of nitrogens with one attached hydrogen (secondary N) is 2. The first-order valence-corrected chi connectivity index (χ1v) is 7.98. The molecule has 122 valence electrons. The lowest BCUT2D eigenvalue weighted by Crippen LogP contribution is -2.33. The molecular weight excluding hydrogens is 312 g/mol. The Labute approximate surface area is 141 Å². The van der Waals surface area contributed by atoms with E-state index in [1.165, 1.54) is 0 Å². The highest BCUT2D eigenvalue weighted by Gasteiger charge is 2.12. The van der Waals surface area contributed by atoms with Crippen molar-refractivity contribution in [1.82, 2.24) is 5.32 Å². The van der Waals surface area contributed by atoms with Crippen LogP contribution in [0, 0.1) is 0 Å². The van der Waals surface area contributed by atoms with E-state index in [0.29, 0.717) is 5.02 Å². The molecule has 5 heteroatoms. The molecule has 23 heavy (non-hydrogen) atoms. The number of carbonyl (C=O) groups is 1. The summed E-state index contributed by atoms with van der Waals surface area (Å²) in [4.78, 5) is 12.1. The fourth-order valence-electron chi connectivity index (χ4n) is 2.32. The Morgan fingerprint density at radius 3 is 2.61 bits per heavy atom. The lowest BCUT2D eigenvalue weighted by atomic mass is 10.0. The van der Waals surface area contributed by atoms with Gasteiger partial charge in [-0.15, -0.1) is 0 Å². The van der Waals surface area contributed by atoms with E-state index in [1.54, 1.807) is 0 Å². The molecule has 2 rings (SSSR count). The van der Waals surface area contributed by atoms with E-state index in [9.17, 15) is 4.79 Å². The molecule has 1 atom stereocenters. The molecule has 1 unspecified atom stereocenters. The number of hydrogen-bond donors (Lipinski definition) is 3. The molecule has 1 amide bonds. The molecule has 0 radical (unpaired) electrons. The average Bonchev–Trinajstić information content (AvgIpc) is 2.59. The van der Waals surface area contributed by atoms with Gasteiger partial charge in [-0.2, -0.15) is 0 Å². The zero-order valence-electron chi connectivity index (χ0n) is 13.1. The van der Waals surface area contributed by atoms with Crippen LogP contribution < -0.4 is 10.6 Å². The van der Waals surface area contributed by atoms with Crippen molar-refractivity contribution in [2.75, 3.05) is 11.9 Å². The number of halogens is 1. The molecule has 0 saturated carbocycles. The van der Waals surface area contributed by atoms with Crippen LogP contribution in [0.2, 0.25) is 5.02 Å². The highest BCUT2D eigenvalue weighted by molar-refractivity contribution is 6.30. The Morgan fingerprint density at radius 1 is 1.22 bits per heavy atom. The molecule has 0 saturated heterocycles. The Bertz CT molecular complexity index is 644. The summed E-state index contributed by atoms with van der Waals surface area (Å²) < 4.78 is 0. The van der Waals surface area contributed by atoms with Gasteiger partial charge < -0.3 is 15.7 Å². The lowest BCUT2D eigenvalue weighted by molar-refractivity contribution is -0.120. The maximum atomic E-state index is 12.1. The van der Waals surface area contributed by atoms with Crippen LogP contribution in [0.3, 0.4) is 0 Å². The van der Waals surface area contributed by atoms with Gasteiger partial charge in [-0.25, -0.2) is 0 Å². The summed E-state index contributed by atoms with van der Waals surface area (Å²) >= 11 is 5.89. The van der Waals surface area contributed by atoms with Crippen molar-refractivity contribution in [2.24, 2.45) is 0 Å². The zero-order chi connectivity index (χ0) is 16.7. The third-order valence-corrected chi connectivity index (χ3v) is 3.83. The highest BCUT2D eigenvalue weighted by Crippen LogP contribution is 2.19. The van der Waals surface area contributed by atoms with E-state index < -0.39 is 0 Å². The monoisotopic (exact) mass is 332 g/mol. The van der Waals surface area contributed by atoms with Gasteiger partial charge in [-0.05, 0) is 41.8 Å². The van der Waals surface area contributed by atoms with Crippen LogP contribution >= 0.6 is 11.6 Å². The van der Waals surface area contributed by atoms with E-state index >= 15 is 0 Å². The van der Waals surface area contributed by atoms with Crippen LogP contribution in [-0.2, 0) is 11.4 Å². The number of anilines is 1. The van der Waals surface area contributed by atoms with Crippen LogP contribution in [-0.4, -0.2) is 17.6 Å². The minimum Gasteiger partial charge on any atom is -0.392 e. The molecule has 3 N–H and O–H groups in total. The van der Waals surface area contributed by atoms with E-state index in [1.807, 2.05) is 55.5 Å². The minimum atomic E-state index is -0.0822. The SMILES string of the molecule is CCC(NC(=O)CNc1cccc(CO)c1)c1ccc(Cl)cc1. The normalized spacial score (nSPS) is 11.8. The summed E-state index contributed by atoms with van der Waals surface area (Å²) in [5, 5.41) is 15.9. The molecule has 0 aliphatic rings. The Morgan fingerprint density at radius 2 is 1.96 bits per heavy atom. The van der Waals surface area contributed by atoms with Crippen molar-refractivity contribution in [2.45, 2.75) is 26.0 Å². The van der Waals surface area contributed by atoms with E-state index in [2.05, 4.69) is 10.6 Å². The average molecular weight is 333 g/mol. The fourth-order valence-corrected chi connectivity index (χ4v) is 2.45. The molecular formula is C18H21ClN2O2. The maximum Gasteiger partial charge on any atom is 0.239 e. The largest absolute Gasteiger partial charge is 0.392 e. The summed E-state index contributed by atoms with van der Waals surface area (Å²) in [6.07, 6.45) is 0.799. The first kappa shape index (κ1) is 17.3. The predicted molar refractivity (Wildman–Crippen MR) is 93.5 cm³/mol. The number of benzene rings is 2. The van der Waals surface area contributed by atoms with Crippen molar-refractivity contribution < 1.29 is 9.90 Å². The molecule has 0 aliphatic heterocycles. The summed E-state index contributed by atoms with van der Waals surface area (Å²) in [5.41, 5.74) is 2.65. The van der Waals surface area contributed by atoms with Crippen LogP contribution in [0.5, 0.6) is 0 Å². The van der Waals surface area contributed by atoms with E-state index in [0.717, 1.165) is 23.2 Å². The second-order valence-corrected chi connectivity index (χ2v) is 5.73. The van der Waals surface area contributed by atoms with Crippen molar-refractivity contribution >= 4 is 23.2 Å². The van der Waals surface area contributed by atoms with Gasteiger partial charge in [0.05, 0.1) is 19.2 Å². The molecule has 0 bridgehead atoms. The molecule has 0 aromatic heterocycles. The van der Waals surface area contributed by atoms with Gasteiger partial charge in [-0.1, -0.05) is 42.8 Å². The molecule has 0 spiro atoms. The number of rotatable bonds is 7. The van der Waals surface area contributed by atoms with Gasteiger partial charge in [0.2, 0.25) is 5.91 Å². The topological polar surface area (TPSA) is 61.4 Å². The van der Waals surface area contributed by atoms with Gasteiger partial charge in [0, 0.05) is 10.7 Å². The van der Waals surface area contributed by atoms with Crippen molar-refractivity contribution in [1.29, 1.82) is 0 Å². The van der Waals surface area contributed by atoms with E-state index in [4.69, 9.17) is 16.7 Å². The molecule has 4 nitrogen and oxygen atoms in total. The lowest BCUT2D eigenvalue weighted by Gasteiger charge is -2.18. The second-order valence-electron chi connectivity index (χ2n) is 5.29. The third-order valence-electron chi connectivity index (χ3n) is 3.58. The maximum absolute atomic E-state index is 12.1. The molecule has 0 heterocycles. The smallest absolute Gasteiger partial charge is 0.239 e. The number of aliphatic hydroxyl groups is 1. The second kappa shape index (κ2) is 8.56. The number of amides is 1. The Kier molecular flexibility index (Phi) is 6.44. The fraction of sp³-hybridized carbons (Fsp3) is 0.278. The zero-order valence-corrected chi connectivity index (χ0v) is 13.8. The molecule has 0 fully saturated rings. The molecule has 2 aromatic rings. The van der Waals surface area contributed by atoms with Crippen LogP contribution in [0.1, 0.15) is 30.5 Å². The van der Waals surface area contributed by atoms with Crippen LogP contribution in [0.4, 0.5) is 5.69 Å². The van der Waals surface area contributed by atoms with Crippen LogP contribution in [0.15, 0.2) is 48.5 Å². The summed E-state index contributed by atoms with van der Waals surface area (Å²) in [5.74, 6) is -0.0822. The van der Waals surface area contributed by atoms with Gasteiger partial charge >= 0.3 is 0 Å². The Hall–Kier alpha value is -2.04. The van der Waals surface area contributed by atoms with Gasteiger partial charge in [-0.3, -0.25) is 4.79 Å². The first-order chi connectivity index (χ1) is 11.1. The van der Waals surface area contributed by atoms with Crippen molar-refractivity contribution in [3.8, 4) is 0 Å². The van der Waals surface area contributed by atoms with Gasteiger partial charge in [0.1, 0.15) is 0 Å².